The summed E-state index contributed by atoms with van der Waals surface area (Å²) >= 11 is 6.56. The van der Waals surface area contributed by atoms with E-state index in [0.717, 1.165) is 46.9 Å². The second-order valence-electron chi connectivity index (χ2n) is 16.6. The first-order valence-electron chi connectivity index (χ1n) is 20.7. The van der Waals surface area contributed by atoms with Gasteiger partial charge in [0.2, 0.25) is 5.91 Å². The zero-order chi connectivity index (χ0) is 46.0. The molecule has 0 radical (unpaired) electrons. The number of nitrogens with zero attached hydrogens (tertiary/aromatic N) is 9. The lowest BCUT2D eigenvalue weighted by Crippen LogP contribution is -2.54. The number of rotatable bonds is 10. The van der Waals surface area contributed by atoms with Crippen LogP contribution in [0.15, 0.2) is 61.1 Å². The molecule has 0 aliphatic carbocycles. The number of piperazine rings is 1. The summed E-state index contributed by atoms with van der Waals surface area (Å²) in [6.07, 6.45) is 4.17. The van der Waals surface area contributed by atoms with Crippen molar-refractivity contribution in [2.45, 2.75) is 33.2 Å². The number of carbonyl (C=O) groups excluding carboxylic acids is 4. The molecule has 20 heteroatoms. The van der Waals surface area contributed by atoms with Gasteiger partial charge in [0, 0.05) is 87.1 Å². The summed E-state index contributed by atoms with van der Waals surface area (Å²) in [6.45, 7) is 7.10. The van der Waals surface area contributed by atoms with Crippen LogP contribution in [0.2, 0.25) is 5.02 Å². The van der Waals surface area contributed by atoms with Gasteiger partial charge in [0.25, 0.3) is 5.91 Å². The molecule has 7 rings (SSSR count). The van der Waals surface area contributed by atoms with Crippen LogP contribution in [0.1, 0.15) is 45.2 Å². The molecule has 64 heavy (non-hydrogen) atoms. The number of halogens is 3. The van der Waals surface area contributed by atoms with Gasteiger partial charge in [-0.3, -0.25) is 24.0 Å². The van der Waals surface area contributed by atoms with E-state index in [2.05, 4.69) is 39.8 Å². The SMILES string of the molecule is Cc1ccc(NC(=O)NCCn2cc(-c3ccc(-c4cnc(C(=O)N(C(=O)O)c5ccc(C(=O)N6CCN(C(=O)C7CC[N+](C)(C)CC7)CC6)c(Cl)c5)n4C)c(F)c3F)c(C)n2)cn1. The molecule has 2 aliphatic heterocycles. The van der Waals surface area contributed by atoms with Gasteiger partial charge >= 0.3 is 18.0 Å². The van der Waals surface area contributed by atoms with Crippen LogP contribution in [0.25, 0.3) is 22.4 Å². The zero-order valence-corrected chi connectivity index (χ0v) is 36.8. The van der Waals surface area contributed by atoms with Crippen LogP contribution in [0.5, 0.6) is 0 Å². The van der Waals surface area contributed by atoms with Crippen LogP contribution in [-0.2, 0) is 18.4 Å². The lowest BCUT2D eigenvalue weighted by molar-refractivity contribution is -0.895. The number of benzene rings is 2. The van der Waals surface area contributed by atoms with E-state index in [9.17, 15) is 29.1 Å². The van der Waals surface area contributed by atoms with E-state index >= 15 is 8.78 Å². The molecule has 2 aromatic carbocycles. The quantitative estimate of drug-likeness (QED) is 0.145. The number of imidazole rings is 1. The van der Waals surface area contributed by atoms with Crippen LogP contribution in [0.3, 0.4) is 0 Å². The summed E-state index contributed by atoms with van der Waals surface area (Å²) in [5, 5.41) is 19.9. The number of aromatic nitrogens is 5. The topological polar surface area (TPSA) is 188 Å². The highest BCUT2D eigenvalue weighted by atomic mass is 35.5. The van der Waals surface area contributed by atoms with Crippen molar-refractivity contribution in [1.82, 2.24) is 39.4 Å². The van der Waals surface area contributed by atoms with Gasteiger partial charge in [-0.1, -0.05) is 17.7 Å². The highest BCUT2D eigenvalue weighted by Crippen LogP contribution is 2.34. The number of urea groups is 1. The number of quaternary nitrogens is 1. The minimum Gasteiger partial charge on any atom is -0.464 e. The van der Waals surface area contributed by atoms with Crippen molar-refractivity contribution in [3.05, 3.63) is 100 Å². The molecule has 2 fully saturated rings. The van der Waals surface area contributed by atoms with Crippen molar-refractivity contribution in [3.63, 3.8) is 0 Å². The predicted molar refractivity (Wildman–Crippen MR) is 234 cm³/mol. The Labute approximate surface area is 372 Å². The summed E-state index contributed by atoms with van der Waals surface area (Å²) in [6, 6.07) is 9.51. The normalized spacial score (nSPS) is 15.2. The van der Waals surface area contributed by atoms with E-state index in [4.69, 9.17) is 11.6 Å². The molecule has 5 aromatic rings. The Kier molecular flexibility index (Phi) is 13.1. The van der Waals surface area contributed by atoms with E-state index in [1.165, 1.54) is 54.5 Å². The smallest absolute Gasteiger partial charge is 0.419 e. The molecular formula is C44H49ClF2N11O6+. The molecule has 2 aliphatic rings. The van der Waals surface area contributed by atoms with Gasteiger partial charge in [0.15, 0.2) is 17.5 Å². The number of anilines is 2. The molecule has 0 saturated carbocycles. The molecule has 0 unspecified atom stereocenters. The number of hydrogen-bond donors (Lipinski definition) is 3. The van der Waals surface area contributed by atoms with E-state index in [1.54, 1.807) is 28.9 Å². The number of likely N-dealkylation sites (tertiary alicyclic amines) is 1. The second kappa shape index (κ2) is 18.5. The monoisotopic (exact) mass is 900 g/mol. The minimum atomic E-state index is -1.68. The van der Waals surface area contributed by atoms with Gasteiger partial charge in [0.1, 0.15) is 0 Å². The molecule has 6 amide bonds. The second-order valence-corrected chi connectivity index (χ2v) is 17.0. The number of nitrogens with one attached hydrogen (secondary N) is 2. The average molecular weight is 901 g/mol. The van der Waals surface area contributed by atoms with E-state index in [0.29, 0.717) is 48.0 Å². The number of hydrogen-bond acceptors (Lipinski definition) is 8. The van der Waals surface area contributed by atoms with Gasteiger partial charge in [-0.15, -0.1) is 0 Å². The lowest BCUT2D eigenvalue weighted by Gasteiger charge is -2.40. The summed E-state index contributed by atoms with van der Waals surface area (Å²) in [4.78, 5) is 77.4. The summed E-state index contributed by atoms with van der Waals surface area (Å²) < 4.78 is 35.3. The Balaban J connectivity index is 0.998. The molecule has 5 heterocycles. The molecule has 3 N–H and O–H groups in total. The third-order valence-electron chi connectivity index (χ3n) is 11.8. The molecule has 17 nitrogen and oxygen atoms in total. The highest BCUT2D eigenvalue weighted by Gasteiger charge is 2.36. The average Bonchev–Trinajstić information content (AvgIpc) is 3.83. The first-order valence-corrected chi connectivity index (χ1v) is 21.1. The number of pyridine rings is 1. The molecule has 0 spiro atoms. The number of carboxylic acid groups (broad SMARTS) is 1. The van der Waals surface area contributed by atoms with Gasteiger partial charge in [-0.05, 0) is 50.2 Å². The highest BCUT2D eigenvalue weighted by molar-refractivity contribution is 6.34. The van der Waals surface area contributed by atoms with Crippen molar-refractivity contribution in [1.29, 1.82) is 0 Å². The van der Waals surface area contributed by atoms with Crippen molar-refractivity contribution < 1.29 is 42.3 Å². The molecule has 3 aromatic heterocycles. The van der Waals surface area contributed by atoms with E-state index in [1.807, 2.05) is 6.92 Å². The standard InChI is InChI=1S/C44H48ClF2N11O6/c1-26-6-7-29(23-49-26)51-43(62)48-14-15-56-25-34(27(2)52-56)31-10-11-33(38(47)37(31)46)36-24-50-39(53(36)3)42(61)57(44(63)64)30-8-9-32(35(45)22-30)41(60)55-18-16-54(17-19-55)40(59)28-12-20-58(4,5)21-13-28/h6-11,22-25,28H,12-21H2,1-5H3,(H2-,48,51,62,63,64)/p+1. The van der Waals surface area contributed by atoms with Crippen molar-refractivity contribution in [3.8, 4) is 22.4 Å². The van der Waals surface area contributed by atoms with Crippen molar-refractivity contribution in [2.24, 2.45) is 13.0 Å². The Bertz CT molecular complexity index is 2610. The first kappa shape index (κ1) is 45.3. The Morgan fingerprint density at radius 1 is 0.891 bits per heavy atom. The summed E-state index contributed by atoms with van der Waals surface area (Å²) in [5.41, 5.74) is 1.63. The number of imide groups is 1. The molecule has 0 atom stereocenters. The summed E-state index contributed by atoms with van der Waals surface area (Å²) in [5.74, 6) is -4.26. The number of aryl methyl sites for hydroxylation is 2. The van der Waals surface area contributed by atoms with Crippen LogP contribution >= 0.6 is 11.6 Å². The Morgan fingerprint density at radius 3 is 2.22 bits per heavy atom. The lowest BCUT2D eigenvalue weighted by atomic mass is 9.94. The van der Waals surface area contributed by atoms with Crippen molar-refractivity contribution >= 4 is 52.8 Å². The fourth-order valence-corrected chi connectivity index (χ4v) is 8.27. The van der Waals surface area contributed by atoms with Gasteiger partial charge in [-0.25, -0.2) is 28.3 Å². The predicted octanol–water partition coefficient (Wildman–Crippen LogP) is 5.81. The first-order chi connectivity index (χ1) is 30.4. The third kappa shape index (κ3) is 9.59. The van der Waals surface area contributed by atoms with Crippen LogP contribution in [-0.4, -0.2) is 133 Å². The van der Waals surface area contributed by atoms with Crippen LogP contribution in [0, 0.1) is 31.4 Å². The molecule has 336 valence electrons. The van der Waals surface area contributed by atoms with E-state index < -0.39 is 41.4 Å². The van der Waals surface area contributed by atoms with Crippen molar-refractivity contribution in [2.75, 3.05) is 70.1 Å². The maximum atomic E-state index is 15.9. The molecule has 2 saturated heterocycles. The van der Waals surface area contributed by atoms with Crippen LogP contribution < -0.4 is 15.5 Å². The third-order valence-corrected chi connectivity index (χ3v) is 12.1. The minimum absolute atomic E-state index is 0.0162. The van der Waals surface area contributed by atoms with Crippen LogP contribution in [0.4, 0.5) is 29.7 Å². The maximum Gasteiger partial charge on any atom is 0.419 e. The number of piperidine rings is 1. The molecule has 0 bridgehead atoms. The largest absolute Gasteiger partial charge is 0.464 e. The zero-order valence-electron chi connectivity index (χ0n) is 36.1. The van der Waals surface area contributed by atoms with Gasteiger partial charge < -0.3 is 34.6 Å². The fourth-order valence-electron chi connectivity index (χ4n) is 8.01. The number of amides is 6. The Morgan fingerprint density at radius 2 is 1.56 bits per heavy atom. The van der Waals surface area contributed by atoms with E-state index in [-0.39, 0.29) is 58.0 Å². The summed E-state index contributed by atoms with van der Waals surface area (Å²) in [7, 11) is 5.67. The van der Waals surface area contributed by atoms with Gasteiger partial charge in [-0.2, -0.15) is 5.10 Å². The fraction of sp³-hybridized carbons (Fsp3) is 0.364. The number of carbonyl (C=O) groups is 5. The Hall–Kier alpha value is -6.73. The van der Waals surface area contributed by atoms with Gasteiger partial charge in [0.05, 0.1) is 79.5 Å². The molecular weight excluding hydrogens is 852 g/mol. The maximum absolute atomic E-state index is 15.9.